The van der Waals surface area contributed by atoms with Crippen molar-refractivity contribution in [3.05, 3.63) is 23.8 Å². The number of hydrazine groups is 1. The molecule has 2 aliphatic heterocycles. The standard InChI is InChI=1S/C14H21N3O2/c1-9-11(4-5-15)14(17-16-9)10-2-3-12-13(8-10)19-7-6-18-12/h2-3,8-9,11,14,16-17H,4-7,15H2,1H3. The van der Waals surface area contributed by atoms with Gasteiger partial charge in [0.05, 0.1) is 6.04 Å². The third-order valence-electron chi connectivity index (χ3n) is 3.96. The second-order valence-corrected chi connectivity index (χ2v) is 5.20. The van der Waals surface area contributed by atoms with Gasteiger partial charge in [-0.25, -0.2) is 5.43 Å². The molecule has 0 bridgehead atoms. The van der Waals surface area contributed by atoms with Gasteiger partial charge in [-0.2, -0.15) is 0 Å². The van der Waals surface area contributed by atoms with E-state index in [9.17, 15) is 0 Å². The number of benzene rings is 1. The van der Waals surface area contributed by atoms with Gasteiger partial charge in [-0.05, 0) is 43.5 Å². The van der Waals surface area contributed by atoms with Gasteiger partial charge in [-0.15, -0.1) is 0 Å². The summed E-state index contributed by atoms with van der Waals surface area (Å²) in [7, 11) is 0. The quantitative estimate of drug-likeness (QED) is 0.758. The lowest BCUT2D eigenvalue weighted by atomic mass is 9.87. The first-order valence-corrected chi connectivity index (χ1v) is 6.90. The molecular formula is C14H21N3O2. The Hall–Kier alpha value is -1.30. The van der Waals surface area contributed by atoms with Gasteiger partial charge in [0.25, 0.3) is 0 Å². The summed E-state index contributed by atoms with van der Waals surface area (Å²) in [5.74, 6) is 2.17. The Labute approximate surface area is 113 Å². The molecule has 2 aliphatic rings. The van der Waals surface area contributed by atoms with Crippen LogP contribution in [0.3, 0.4) is 0 Å². The van der Waals surface area contributed by atoms with E-state index in [1.807, 2.05) is 6.07 Å². The van der Waals surface area contributed by atoms with Crippen molar-refractivity contribution in [2.75, 3.05) is 19.8 Å². The summed E-state index contributed by atoms with van der Waals surface area (Å²) in [6.07, 6.45) is 1.00. The van der Waals surface area contributed by atoms with E-state index in [4.69, 9.17) is 15.2 Å². The van der Waals surface area contributed by atoms with Crippen molar-refractivity contribution < 1.29 is 9.47 Å². The van der Waals surface area contributed by atoms with Crippen LogP contribution in [0.1, 0.15) is 24.9 Å². The molecule has 0 saturated carbocycles. The SMILES string of the molecule is CC1NNC(c2ccc3c(c2)OCCO3)C1CCN. The van der Waals surface area contributed by atoms with E-state index < -0.39 is 0 Å². The number of nitrogens with one attached hydrogen (secondary N) is 2. The molecule has 0 aliphatic carbocycles. The molecule has 3 rings (SSSR count). The molecule has 4 N–H and O–H groups in total. The number of hydrogen-bond acceptors (Lipinski definition) is 5. The van der Waals surface area contributed by atoms with Crippen LogP contribution in [0.2, 0.25) is 0 Å². The normalized spacial score (nSPS) is 29.5. The first kappa shape index (κ1) is 12.7. The highest BCUT2D eigenvalue weighted by atomic mass is 16.6. The van der Waals surface area contributed by atoms with Crippen molar-refractivity contribution in [1.82, 2.24) is 10.9 Å². The first-order chi connectivity index (χ1) is 9.29. The Balaban J connectivity index is 1.85. The average molecular weight is 263 g/mol. The summed E-state index contributed by atoms with van der Waals surface area (Å²) in [5.41, 5.74) is 13.6. The maximum absolute atomic E-state index is 5.72. The van der Waals surface area contributed by atoms with Crippen molar-refractivity contribution in [3.8, 4) is 11.5 Å². The lowest BCUT2D eigenvalue weighted by Gasteiger charge is -2.23. The zero-order valence-electron chi connectivity index (χ0n) is 11.2. The molecule has 0 aromatic heterocycles. The summed E-state index contributed by atoms with van der Waals surface area (Å²) < 4.78 is 11.2. The molecule has 1 fully saturated rings. The molecule has 2 heterocycles. The molecule has 1 aromatic rings. The van der Waals surface area contributed by atoms with Crippen LogP contribution in [0.25, 0.3) is 0 Å². The van der Waals surface area contributed by atoms with Crippen molar-refractivity contribution in [2.45, 2.75) is 25.4 Å². The predicted molar refractivity (Wildman–Crippen MR) is 73.1 cm³/mol. The molecule has 3 unspecified atom stereocenters. The van der Waals surface area contributed by atoms with Gasteiger partial charge in [-0.3, -0.25) is 5.43 Å². The average Bonchev–Trinajstić information content (AvgIpc) is 2.80. The van der Waals surface area contributed by atoms with Crippen LogP contribution in [-0.2, 0) is 0 Å². The molecule has 0 amide bonds. The fourth-order valence-electron chi connectivity index (χ4n) is 2.92. The van der Waals surface area contributed by atoms with Crippen molar-refractivity contribution in [3.63, 3.8) is 0 Å². The Morgan fingerprint density at radius 3 is 2.79 bits per heavy atom. The summed E-state index contributed by atoms with van der Waals surface area (Å²) in [5, 5.41) is 0. The molecule has 1 saturated heterocycles. The zero-order chi connectivity index (χ0) is 13.2. The van der Waals surface area contributed by atoms with Gasteiger partial charge in [0, 0.05) is 6.04 Å². The number of fused-ring (bicyclic) bond motifs is 1. The molecule has 0 radical (unpaired) electrons. The monoisotopic (exact) mass is 263 g/mol. The van der Waals surface area contributed by atoms with E-state index in [-0.39, 0.29) is 6.04 Å². The van der Waals surface area contributed by atoms with Gasteiger partial charge in [0.1, 0.15) is 13.2 Å². The maximum atomic E-state index is 5.72. The summed E-state index contributed by atoms with van der Waals surface area (Å²) in [4.78, 5) is 0. The topological polar surface area (TPSA) is 68.5 Å². The molecule has 0 spiro atoms. The van der Waals surface area contributed by atoms with Crippen molar-refractivity contribution >= 4 is 0 Å². The molecule has 19 heavy (non-hydrogen) atoms. The Morgan fingerprint density at radius 2 is 2.00 bits per heavy atom. The number of hydrogen-bond donors (Lipinski definition) is 3. The van der Waals surface area contributed by atoms with E-state index in [0.29, 0.717) is 31.7 Å². The summed E-state index contributed by atoms with van der Waals surface area (Å²) in [6.45, 7) is 4.14. The largest absolute Gasteiger partial charge is 0.486 e. The van der Waals surface area contributed by atoms with Crippen molar-refractivity contribution in [1.29, 1.82) is 0 Å². The van der Waals surface area contributed by atoms with Crippen LogP contribution in [-0.4, -0.2) is 25.8 Å². The van der Waals surface area contributed by atoms with Crippen LogP contribution in [0.4, 0.5) is 0 Å². The zero-order valence-corrected chi connectivity index (χ0v) is 11.2. The van der Waals surface area contributed by atoms with E-state index in [0.717, 1.165) is 17.9 Å². The fraction of sp³-hybridized carbons (Fsp3) is 0.571. The van der Waals surface area contributed by atoms with E-state index in [1.165, 1.54) is 5.56 Å². The lowest BCUT2D eigenvalue weighted by molar-refractivity contribution is 0.171. The predicted octanol–water partition coefficient (Wildman–Crippen LogP) is 0.960. The van der Waals surface area contributed by atoms with Crippen molar-refractivity contribution in [2.24, 2.45) is 11.7 Å². The maximum Gasteiger partial charge on any atom is 0.161 e. The highest BCUT2D eigenvalue weighted by Gasteiger charge is 2.33. The Bertz CT molecular complexity index is 452. The first-order valence-electron chi connectivity index (χ1n) is 6.90. The van der Waals surface area contributed by atoms with E-state index >= 15 is 0 Å². The second kappa shape index (κ2) is 5.36. The van der Waals surface area contributed by atoms with E-state index in [1.54, 1.807) is 0 Å². The highest BCUT2D eigenvalue weighted by molar-refractivity contribution is 5.45. The Morgan fingerprint density at radius 1 is 1.21 bits per heavy atom. The minimum Gasteiger partial charge on any atom is -0.486 e. The van der Waals surface area contributed by atoms with Gasteiger partial charge in [-0.1, -0.05) is 6.07 Å². The van der Waals surface area contributed by atoms with E-state index in [2.05, 4.69) is 29.9 Å². The minimum atomic E-state index is 0.273. The highest BCUT2D eigenvalue weighted by Crippen LogP contribution is 2.37. The molecule has 5 nitrogen and oxygen atoms in total. The fourth-order valence-corrected chi connectivity index (χ4v) is 2.92. The minimum absolute atomic E-state index is 0.273. The second-order valence-electron chi connectivity index (χ2n) is 5.20. The summed E-state index contributed by atoms with van der Waals surface area (Å²) in [6, 6.07) is 6.87. The smallest absolute Gasteiger partial charge is 0.161 e. The van der Waals surface area contributed by atoms with Crippen LogP contribution >= 0.6 is 0 Å². The molecular weight excluding hydrogens is 242 g/mol. The van der Waals surface area contributed by atoms with Gasteiger partial charge < -0.3 is 15.2 Å². The van der Waals surface area contributed by atoms with Gasteiger partial charge >= 0.3 is 0 Å². The molecule has 5 heteroatoms. The Kier molecular flexibility index (Phi) is 3.59. The molecule has 1 aromatic carbocycles. The molecule has 3 atom stereocenters. The number of nitrogens with two attached hydrogens (primary N) is 1. The third kappa shape index (κ3) is 2.41. The van der Waals surface area contributed by atoms with Crippen LogP contribution in [0.15, 0.2) is 18.2 Å². The van der Waals surface area contributed by atoms with Gasteiger partial charge in [0.15, 0.2) is 11.5 Å². The molecule has 104 valence electrons. The third-order valence-corrected chi connectivity index (χ3v) is 3.96. The van der Waals surface area contributed by atoms with Gasteiger partial charge in [0.2, 0.25) is 0 Å². The lowest BCUT2D eigenvalue weighted by Crippen LogP contribution is -2.29. The number of ether oxygens (including phenoxy) is 2. The van der Waals surface area contributed by atoms with Crippen LogP contribution < -0.4 is 26.1 Å². The number of rotatable bonds is 3. The van der Waals surface area contributed by atoms with Crippen LogP contribution in [0.5, 0.6) is 11.5 Å². The van der Waals surface area contributed by atoms with Crippen LogP contribution in [0, 0.1) is 5.92 Å². The summed E-state index contributed by atoms with van der Waals surface area (Å²) >= 11 is 0.